The average Bonchev–Trinajstić information content (AvgIpc) is 2.84. The zero-order valence-corrected chi connectivity index (χ0v) is 21.1. The minimum Gasteiger partial charge on any atom is -0.507 e. The van der Waals surface area contributed by atoms with E-state index in [2.05, 4.69) is 0 Å². The number of carboxylic acids is 1. The second-order valence-corrected chi connectivity index (χ2v) is 8.97. The smallest absolute Gasteiger partial charge is 0.344 e. The van der Waals surface area contributed by atoms with Gasteiger partial charge in [-0.1, -0.05) is 19.4 Å². The fourth-order valence-corrected chi connectivity index (χ4v) is 4.33. The van der Waals surface area contributed by atoms with Gasteiger partial charge in [-0.3, -0.25) is 9.59 Å². The Morgan fingerprint density at radius 2 is 1.64 bits per heavy atom. The van der Waals surface area contributed by atoms with E-state index < -0.39 is 12.1 Å². The zero-order valence-electron chi connectivity index (χ0n) is 21.1. The van der Waals surface area contributed by atoms with Gasteiger partial charge in [-0.05, 0) is 76.1 Å². The number of rotatable bonds is 13. The van der Waals surface area contributed by atoms with Crippen molar-refractivity contribution >= 4 is 17.5 Å². The van der Waals surface area contributed by atoms with Crippen molar-refractivity contribution in [1.82, 2.24) is 0 Å². The number of ether oxygens (including phenoxy) is 3. The van der Waals surface area contributed by atoms with Crippen LogP contribution in [-0.4, -0.2) is 47.1 Å². The molecule has 0 amide bonds. The fourth-order valence-electron chi connectivity index (χ4n) is 4.33. The van der Waals surface area contributed by atoms with E-state index in [1.54, 1.807) is 18.2 Å². The molecule has 2 N–H and O–H groups in total. The maximum Gasteiger partial charge on any atom is 0.344 e. The first-order valence-electron chi connectivity index (χ1n) is 12.4. The lowest BCUT2D eigenvalue weighted by Crippen LogP contribution is -2.31. The number of ketones is 2. The van der Waals surface area contributed by atoms with Gasteiger partial charge in [0.2, 0.25) is 0 Å². The molecule has 8 nitrogen and oxygen atoms in total. The van der Waals surface area contributed by atoms with E-state index in [1.807, 2.05) is 13.0 Å². The van der Waals surface area contributed by atoms with Crippen molar-refractivity contribution in [2.24, 2.45) is 0 Å². The summed E-state index contributed by atoms with van der Waals surface area (Å²) in [5.41, 5.74) is 2.06. The van der Waals surface area contributed by atoms with Gasteiger partial charge in [0.05, 0.1) is 18.8 Å². The van der Waals surface area contributed by atoms with Gasteiger partial charge in [-0.25, -0.2) is 4.79 Å². The van der Waals surface area contributed by atoms with Crippen LogP contribution in [0.5, 0.6) is 23.0 Å². The number of hydrogen-bond donors (Lipinski definition) is 2. The number of hydrogen-bond acceptors (Lipinski definition) is 7. The quantitative estimate of drug-likeness (QED) is 0.287. The van der Waals surface area contributed by atoms with Gasteiger partial charge in [0, 0.05) is 5.56 Å². The van der Waals surface area contributed by atoms with Crippen LogP contribution in [0.2, 0.25) is 0 Å². The molecule has 1 unspecified atom stereocenters. The summed E-state index contributed by atoms with van der Waals surface area (Å²) < 4.78 is 17.4. The van der Waals surface area contributed by atoms with Gasteiger partial charge in [-0.2, -0.15) is 0 Å². The molecule has 0 bridgehead atoms. The Labute approximate surface area is 211 Å². The molecule has 2 aromatic carbocycles. The number of unbranched alkanes of at least 4 members (excludes halogenated alkanes) is 2. The normalized spacial score (nSPS) is 14.5. The van der Waals surface area contributed by atoms with Crippen LogP contribution in [0, 0.1) is 0 Å². The van der Waals surface area contributed by atoms with Crippen LogP contribution in [0.15, 0.2) is 24.3 Å². The number of phenols is 1. The Balaban J connectivity index is 1.52. The second kappa shape index (κ2) is 12.4. The molecular formula is C28H34O8. The second-order valence-electron chi connectivity index (χ2n) is 8.97. The molecule has 0 radical (unpaired) electrons. The summed E-state index contributed by atoms with van der Waals surface area (Å²) in [7, 11) is 0. The third-order valence-electron chi connectivity index (χ3n) is 6.19. The topological polar surface area (TPSA) is 119 Å². The number of carbonyl (C=O) groups excluding carboxylic acids is 2. The Bertz CT molecular complexity index is 1120. The van der Waals surface area contributed by atoms with E-state index in [0.717, 1.165) is 31.2 Å². The first-order valence-corrected chi connectivity index (χ1v) is 12.4. The summed E-state index contributed by atoms with van der Waals surface area (Å²) >= 11 is 0. The number of phenolic OH excluding ortho intramolecular Hbond substituents is 1. The summed E-state index contributed by atoms with van der Waals surface area (Å²) in [5, 5.41) is 19.7. The van der Waals surface area contributed by atoms with Crippen molar-refractivity contribution in [3.63, 3.8) is 0 Å². The number of carboxylic acid groups (broad SMARTS) is 1. The minimum atomic E-state index is -1.05. The average molecular weight is 499 g/mol. The molecule has 8 heteroatoms. The van der Waals surface area contributed by atoms with E-state index in [4.69, 9.17) is 14.2 Å². The molecular weight excluding hydrogens is 464 g/mol. The molecule has 0 aromatic heterocycles. The third-order valence-corrected chi connectivity index (χ3v) is 6.19. The molecule has 1 aliphatic heterocycles. The third kappa shape index (κ3) is 6.36. The van der Waals surface area contributed by atoms with Crippen LogP contribution in [0.25, 0.3) is 0 Å². The van der Waals surface area contributed by atoms with E-state index in [9.17, 15) is 24.6 Å². The summed E-state index contributed by atoms with van der Waals surface area (Å²) in [4.78, 5) is 35.4. The molecule has 0 spiro atoms. The van der Waals surface area contributed by atoms with E-state index in [1.165, 1.54) is 13.8 Å². The van der Waals surface area contributed by atoms with Crippen molar-refractivity contribution in [2.75, 3.05) is 13.2 Å². The van der Waals surface area contributed by atoms with Crippen LogP contribution >= 0.6 is 0 Å². The highest BCUT2D eigenvalue weighted by atomic mass is 16.5. The highest BCUT2D eigenvalue weighted by Gasteiger charge is 2.30. The number of aryl methyl sites for hydroxylation is 1. The maximum absolute atomic E-state index is 12.3. The van der Waals surface area contributed by atoms with Crippen molar-refractivity contribution in [1.29, 1.82) is 0 Å². The Kier molecular flexibility index (Phi) is 9.33. The van der Waals surface area contributed by atoms with Crippen LogP contribution in [-0.2, 0) is 17.6 Å². The molecule has 194 valence electrons. The number of carbonyl (C=O) groups is 3. The van der Waals surface area contributed by atoms with Crippen LogP contribution < -0.4 is 14.2 Å². The summed E-state index contributed by atoms with van der Waals surface area (Å²) in [5.74, 6) is -0.159. The Morgan fingerprint density at radius 1 is 0.972 bits per heavy atom. The van der Waals surface area contributed by atoms with E-state index >= 15 is 0 Å². The van der Waals surface area contributed by atoms with Gasteiger partial charge in [0.25, 0.3) is 0 Å². The van der Waals surface area contributed by atoms with E-state index in [-0.39, 0.29) is 17.3 Å². The van der Waals surface area contributed by atoms with Gasteiger partial charge in [-0.15, -0.1) is 0 Å². The van der Waals surface area contributed by atoms with Crippen molar-refractivity contribution < 1.29 is 38.8 Å². The zero-order chi connectivity index (χ0) is 26.2. The number of aromatic hydroxyl groups is 1. The largest absolute Gasteiger partial charge is 0.507 e. The lowest BCUT2D eigenvalue weighted by molar-refractivity contribution is -0.145. The predicted octanol–water partition coefficient (Wildman–Crippen LogP) is 5.16. The number of benzene rings is 2. The first kappa shape index (κ1) is 27.0. The van der Waals surface area contributed by atoms with Gasteiger partial charge in [0.1, 0.15) is 28.6 Å². The Hall–Kier alpha value is -3.55. The fraction of sp³-hybridized carbons (Fsp3) is 0.464. The van der Waals surface area contributed by atoms with Crippen LogP contribution in [0.3, 0.4) is 0 Å². The molecule has 36 heavy (non-hydrogen) atoms. The molecule has 2 aromatic rings. The number of fused-ring (bicyclic) bond motifs is 1. The predicted molar refractivity (Wildman–Crippen MR) is 134 cm³/mol. The standard InChI is InChI=1S/C28H34O8/c1-4-8-21-22(14-11-20(17(2)29)26(21)31)34-15-6-5-7-16-35-23-12-9-19-10-13-24(28(32)33)36-27(19)25(23)18(3)30/h9,11-12,14,24,31H,4-8,10,13,15-16H2,1-3H3,(H,32,33). The molecule has 1 atom stereocenters. The van der Waals surface area contributed by atoms with Gasteiger partial charge >= 0.3 is 5.97 Å². The van der Waals surface area contributed by atoms with E-state index in [0.29, 0.717) is 66.4 Å². The molecule has 1 aliphatic rings. The molecule has 0 aliphatic carbocycles. The maximum atomic E-state index is 12.3. The summed E-state index contributed by atoms with van der Waals surface area (Å²) in [6.45, 7) is 5.69. The first-order chi connectivity index (χ1) is 17.2. The molecule has 0 saturated carbocycles. The lowest BCUT2D eigenvalue weighted by atomic mass is 9.97. The molecule has 0 saturated heterocycles. The lowest BCUT2D eigenvalue weighted by Gasteiger charge is -2.26. The SMILES string of the molecule is CCCc1c(OCCCCCOc2ccc3c(c2C(C)=O)OC(C(=O)O)CC3)ccc(C(C)=O)c1O. The monoisotopic (exact) mass is 498 g/mol. The molecule has 1 heterocycles. The van der Waals surface area contributed by atoms with Crippen LogP contribution in [0.1, 0.15) is 84.7 Å². The Morgan fingerprint density at radius 3 is 2.25 bits per heavy atom. The highest BCUT2D eigenvalue weighted by Crippen LogP contribution is 2.38. The summed E-state index contributed by atoms with van der Waals surface area (Å²) in [6.07, 6.45) is 3.67. The van der Waals surface area contributed by atoms with Gasteiger partial charge in [0.15, 0.2) is 17.7 Å². The number of aliphatic carboxylic acids is 1. The summed E-state index contributed by atoms with van der Waals surface area (Å²) in [6, 6.07) is 6.90. The highest BCUT2D eigenvalue weighted by molar-refractivity contribution is 6.00. The van der Waals surface area contributed by atoms with Crippen LogP contribution in [0.4, 0.5) is 0 Å². The minimum absolute atomic E-state index is 0.000213. The molecule has 3 rings (SSSR count). The van der Waals surface area contributed by atoms with Crippen molar-refractivity contribution in [2.45, 2.75) is 71.8 Å². The van der Waals surface area contributed by atoms with Crippen molar-refractivity contribution in [3.8, 4) is 23.0 Å². The van der Waals surface area contributed by atoms with Crippen molar-refractivity contribution in [3.05, 3.63) is 46.5 Å². The molecule has 0 fully saturated rings. The van der Waals surface area contributed by atoms with Gasteiger partial charge < -0.3 is 24.4 Å². The number of Topliss-reactive ketones (excluding diaryl/α,β-unsaturated/α-hetero) is 2.